The van der Waals surface area contributed by atoms with Gasteiger partial charge in [-0.15, -0.1) is 0 Å². The van der Waals surface area contributed by atoms with Crippen molar-refractivity contribution in [3.8, 4) is 0 Å². The van der Waals surface area contributed by atoms with Crippen molar-refractivity contribution >= 4 is 5.71 Å². The molecule has 0 aromatic carbocycles. The summed E-state index contributed by atoms with van der Waals surface area (Å²) in [6, 6.07) is 0. The fraction of sp³-hybridized carbons (Fsp3) is 0.500. The normalized spacial score (nSPS) is 22.5. The number of fused-ring (bicyclic) bond motifs is 1. The number of nitrogens with one attached hydrogen (secondary N) is 1. The van der Waals surface area contributed by atoms with Gasteiger partial charge in [0, 0.05) is 17.0 Å². The lowest BCUT2D eigenvalue weighted by Crippen LogP contribution is -2.25. The van der Waals surface area contributed by atoms with Gasteiger partial charge >= 0.3 is 0 Å². The van der Waals surface area contributed by atoms with E-state index in [1.54, 1.807) is 0 Å². The van der Waals surface area contributed by atoms with Gasteiger partial charge in [-0.05, 0) is 32.3 Å². The minimum atomic E-state index is 0.762. The van der Waals surface area contributed by atoms with Gasteiger partial charge in [-0.25, -0.2) is 0 Å². The molecule has 2 rings (SSSR count). The van der Waals surface area contributed by atoms with Gasteiger partial charge in [0.1, 0.15) is 6.67 Å². The largest absolute Gasteiger partial charge is 0.369 e. The zero-order valence-corrected chi connectivity index (χ0v) is 7.65. The first-order valence-corrected chi connectivity index (χ1v) is 4.44. The highest BCUT2D eigenvalue weighted by Gasteiger charge is 2.18. The summed E-state index contributed by atoms with van der Waals surface area (Å²) in [5.74, 6) is 0. The predicted molar refractivity (Wildman–Crippen MR) is 51.1 cm³/mol. The van der Waals surface area contributed by atoms with E-state index in [9.17, 15) is 0 Å². The molecule has 0 aromatic rings. The molecular formula is C10H14N2. The predicted octanol–water partition coefficient (Wildman–Crippen LogP) is 2.00. The van der Waals surface area contributed by atoms with Crippen LogP contribution >= 0.6 is 0 Å². The van der Waals surface area contributed by atoms with Crippen LogP contribution in [0.25, 0.3) is 0 Å². The average molecular weight is 162 g/mol. The van der Waals surface area contributed by atoms with Crippen molar-refractivity contribution < 1.29 is 0 Å². The minimum absolute atomic E-state index is 0.762. The molecule has 12 heavy (non-hydrogen) atoms. The lowest BCUT2D eigenvalue weighted by Gasteiger charge is -2.24. The van der Waals surface area contributed by atoms with Gasteiger partial charge in [0.05, 0.1) is 0 Å². The van der Waals surface area contributed by atoms with Crippen molar-refractivity contribution in [2.24, 2.45) is 4.99 Å². The zero-order valence-electron chi connectivity index (χ0n) is 7.65. The third-order valence-electron chi connectivity index (χ3n) is 2.50. The standard InChI is InChI=1S/C10H14N2/c1-7-4-3-5-9-10(7)8(2)11-6-12-9/h4,11H,3,5-6H2,1-2H3. The van der Waals surface area contributed by atoms with Crippen LogP contribution in [0.5, 0.6) is 0 Å². The van der Waals surface area contributed by atoms with Crippen molar-refractivity contribution in [2.45, 2.75) is 26.7 Å². The van der Waals surface area contributed by atoms with Gasteiger partial charge < -0.3 is 5.32 Å². The molecule has 0 bridgehead atoms. The summed E-state index contributed by atoms with van der Waals surface area (Å²) in [6.07, 6.45) is 4.57. The first kappa shape index (κ1) is 7.59. The lowest BCUT2D eigenvalue weighted by molar-refractivity contribution is 0.790. The summed E-state index contributed by atoms with van der Waals surface area (Å²) >= 11 is 0. The molecule has 64 valence electrons. The van der Waals surface area contributed by atoms with Crippen molar-refractivity contribution in [2.75, 3.05) is 6.67 Å². The van der Waals surface area contributed by atoms with Gasteiger partial charge in [0.2, 0.25) is 0 Å². The molecule has 1 heterocycles. The van der Waals surface area contributed by atoms with E-state index in [1.807, 2.05) is 0 Å². The van der Waals surface area contributed by atoms with Crippen molar-refractivity contribution in [3.63, 3.8) is 0 Å². The molecule has 0 amide bonds. The first-order valence-electron chi connectivity index (χ1n) is 4.44. The van der Waals surface area contributed by atoms with Crippen LogP contribution < -0.4 is 5.32 Å². The second-order valence-electron chi connectivity index (χ2n) is 3.37. The maximum Gasteiger partial charge on any atom is 0.107 e. The monoisotopic (exact) mass is 162 g/mol. The molecule has 2 nitrogen and oxygen atoms in total. The number of hydrogen-bond acceptors (Lipinski definition) is 2. The van der Waals surface area contributed by atoms with E-state index in [2.05, 4.69) is 30.2 Å². The zero-order chi connectivity index (χ0) is 8.55. The molecule has 2 aliphatic rings. The summed E-state index contributed by atoms with van der Waals surface area (Å²) in [5, 5.41) is 3.26. The van der Waals surface area contributed by atoms with E-state index in [0.29, 0.717) is 0 Å². The Kier molecular flexibility index (Phi) is 1.75. The molecule has 0 radical (unpaired) electrons. The van der Waals surface area contributed by atoms with Crippen molar-refractivity contribution in [1.82, 2.24) is 5.32 Å². The molecule has 1 N–H and O–H groups in total. The Hall–Kier alpha value is -1.05. The third kappa shape index (κ3) is 1.07. The third-order valence-corrected chi connectivity index (χ3v) is 2.50. The topological polar surface area (TPSA) is 24.4 Å². The van der Waals surface area contributed by atoms with Crippen LogP contribution in [0.4, 0.5) is 0 Å². The van der Waals surface area contributed by atoms with E-state index < -0.39 is 0 Å². The van der Waals surface area contributed by atoms with Crippen molar-refractivity contribution in [3.05, 3.63) is 22.9 Å². The molecule has 1 aliphatic heterocycles. The van der Waals surface area contributed by atoms with Gasteiger partial charge in [-0.2, -0.15) is 0 Å². The Morgan fingerprint density at radius 3 is 3.00 bits per heavy atom. The number of rotatable bonds is 0. The van der Waals surface area contributed by atoms with Crippen LogP contribution in [0.2, 0.25) is 0 Å². The van der Waals surface area contributed by atoms with Crippen LogP contribution in [0.1, 0.15) is 26.7 Å². The maximum atomic E-state index is 4.46. The number of hydrogen-bond donors (Lipinski definition) is 1. The van der Waals surface area contributed by atoms with E-state index in [1.165, 1.54) is 22.6 Å². The SMILES string of the molecule is CC1=CCCC2=NCNC(C)=C12. The number of nitrogens with zero attached hydrogens (tertiary/aromatic N) is 1. The van der Waals surface area contributed by atoms with E-state index in [-0.39, 0.29) is 0 Å². The molecule has 0 fully saturated rings. The first-order chi connectivity index (χ1) is 5.79. The second-order valence-corrected chi connectivity index (χ2v) is 3.37. The Labute approximate surface area is 73.1 Å². The van der Waals surface area contributed by atoms with Gasteiger partial charge in [-0.1, -0.05) is 6.08 Å². The highest BCUT2D eigenvalue weighted by Crippen LogP contribution is 2.25. The maximum absolute atomic E-state index is 4.46. The molecule has 0 saturated carbocycles. The molecule has 0 atom stereocenters. The highest BCUT2D eigenvalue weighted by atomic mass is 15.0. The molecular weight excluding hydrogens is 148 g/mol. The average Bonchev–Trinajstić information content (AvgIpc) is 2.04. The Bertz CT molecular complexity index is 295. The van der Waals surface area contributed by atoms with Gasteiger partial charge in [0.25, 0.3) is 0 Å². The van der Waals surface area contributed by atoms with E-state index in [4.69, 9.17) is 0 Å². The fourth-order valence-electron chi connectivity index (χ4n) is 1.89. The van der Waals surface area contributed by atoms with Crippen LogP contribution in [0.15, 0.2) is 27.9 Å². The lowest BCUT2D eigenvalue weighted by atomic mass is 9.90. The summed E-state index contributed by atoms with van der Waals surface area (Å²) in [5.41, 5.74) is 5.32. The number of allylic oxidation sites excluding steroid dienone is 4. The van der Waals surface area contributed by atoms with Crippen LogP contribution in [0.3, 0.4) is 0 Å². The molecule has 0 unspecified atom stereocenters. The van der Waals surface area contributed by atoms with Gasteiger partial charge in [0.15, 0.2) is 0 Å². The molecule has 0 spiro atoms. The fourth-order valence-corrected chi connectivity index (χ4v) is 1.89. The summed E-state index contributed by atoms with van der Waals surface area (Å²) in [6.45, 7) is 5.06. The molecule has 0 aromatic heterocycles. The van der Waals surface area contributed by atoms with E-state index in [0.717, 1.165) is 19.5 Å². The van der Waals surface area contributed by atoms with Crippen LogP contribution in [-0.4, -0.2) is 12.4 Å². The summed E-state index contributed by atoms with van der Waals surface area (Å²) < 4.78 is 0. The smallest absolute Gasteiger partial charge is 0.107 e. The molecule has 2 heteroatoms. The Morgan fingerprint density at radius 2 is 2.25 bits per heavy atom. The van der Waals surface area contributed by atoms with Crippen molar-refractivity contribution in [1.29, 1.82) is 0 Å². The minimum Gasteiger partial charge on any atom is -0.369 e. The molecule has 0 saturated heterocycles. The highest BCUT2D eigenvalue weighted by molar-refractivity contribution is 6.05. The van der Waals surface area contributed by atoms with Crippen LogP contribution in [-0.2, 0) is 0 Å². The Morgan fingerprint density at radius 1 is 1.42 bits per heavy atom. The summed E-state index contributed by atoms with van der Waals surface area (Å²) in [4.78, 5) is 4.46. The second kappa shape index (κ2) is 2.77. The Balaban J connectivity index is 2.48. The van der Waals surface area contributed by atoms with E-state index >= 15 is 0 Å². The quantitative estimate of drug-likeness (QED) is 0.579. The molecule has 1 aliphatic carbocycles. The van der Waals surface area contributed by atoms with Crippen LogP contribution in [0, 0.1) is 0 Å². The van der Waals surface area contributed by atoms with Gasteiger partial charge in [-0.3, -0.25) is 4.99 Å². The summed E-state index contributed by atoms with van der Waals surface area (Å²) in [7, 11) is 0. The number of aliphatic imine (C=N–C) groups is 1.